The van der Waals surface area contributed by atoms with Crippen molar-refractivity contribution in [3.05, 3.63) is 23.9 Å². The Bertz CT molecular complexity index is 407. The Balaban J connectivity index is 2.67. The number of anilines is 1. The second-order valence-electron chi connectivity index (χ2n) is 4.91. The maximum Gasteiger partial charge on any atom is 0.390 e. The number of halogens is 3. The van der Waals surface area contributed by atoms with E-state index in [1.165, 1.54) is 4.90 Å². The molecule has 1 aromatic rings. The third kappa shape index (κ3) is 5.77. The van der Waals surface area contributed by atoms with Crippen LogP contribution in [-0.4, -0.2) is 31.3 Å². The average molecular weight is 289 g/mol. The molecule has 0 aromatic carbocycles. The van der Waals surface area contributed by atoms with Crippen LogP contribution >= 0.6 is 0 Å². The van der Waals surface area contributed by atoms with Gasteiger partial charge in [-0.2, -0.15) is 13.2 Å². The molecule has 0 saturated carbocycles. The smallest absolute Gasteiger partial charge is 0.359 e. The van der Waals surface area contributed by atoms with E-state index in [0.717, 1.165) is 18.5 Å². The number of alkyl halides is 3. The van der Waals surface area contributed by atoms with Crippen molar-refractivity contribution in [3.8, 4) is 0 Å². The van der Waals surface area contributed by atoms with Gasteiger partial charge in [-0.3, -0.25) is 0 Å². The molecule has 0 spiro atoms. The van der Waals surface area contributed by atoms with Crippen molar-refractivity contribution in [3.63, 3.8) is 0 Å². The predicted octanol–water partition coefficient (Wildman–Crippen LogP) is 3.53. The van der Waals surface area contributed by atoms with Gasteiger partial charge in [-0.05, 0) is 37.6 Å². The summed E-state index contributed by atoms with van der Waals surface area (Å²) in [5.74, 6) is 0.567. The summed E-state index contributed by atoms with van der Waals surface area (Å²) in [4.78, 5) is 5.66. The lowest BCUT2D eigenvalue weighted by Gasteiger charge is -2.21. The van der Waals surface area contributed by atoms with Crippen molar-refractivity contribution < 1.29 is 13.2 Å². The zero-order valence-corrected chi connectivity index (χ0v) is 12.2. The van der Waals surface area contributed by atoms with Gasteiger partial charge in [-0.15, -0.1) is 0 Å². The zero-order chi connectivity index (χ0) is 15.2. The fraction of sp³-hybridized carbons (Fsp3) is 0.643. The van der Waals surface area contributed by atoms with E-state index in [-0.39, 0.29) is 12.6 Å². The molecule has 0 fully saturated rings. The summed E-state index contributed by atoms with van der Waals surface area (Å²) in [7, 11) is 1.63. The highest BCUT2D eigenvalue weighted by atomic mass is 19.4. The largest absolute Gasteiger partial charge is 0.390 e. The van der Waals surface area contributed by atoms with E-state index in [1.54, 1.807) is 13.2 Å². The summed E-state index contributed by atoms with van der Waals surface area (Å²) in [6.45, 7) is 4.94. The highest BCUT2D eigenvalue weighted by Crippen LogP contribution is 2.22. The van der Waals surface area contributed by atoms with E-state index in [1.807, 2.05) is 19.1 Å². The number of nitrogens with one attached hydrogen (secondary N) is 1. The van der Waals surface area contributed by atoms with Crippen LogP contribution in [0.5, 0.6) is 0 Å². The van der Waals surface area contributed by atoms with Crippen LogP contribution in [0.4, 0.5) is 19.0 Å². The van der Waals surface area contributed by atoms with Gasteiger partial charge >= 0.3 is 6.18 Å². The summed E-state index contributed by atoms with van der Waals surface area (Å²) in [6, 6.07) is 3.88. The molecule has 1 heterocycles. The number of aromatic nitrogens is 1. The first kappa shape index (κ1) is 16.8. The third-order valence-corrected chi connectivity index (χ3v) is 3.09. The first-order valence-electron chi connectivity index (χ1n) is 6.80. The van der Waals surface area contributed by atoms with Crippen LogP contribution in [-0.2, 0) is 0 Å². The molecule has 1 aromatic heterocycles. The maximum atomic E-state index is 12.2. The lowest BCUT2D eigenvalue weighted by Crippen LogP contribution is -2.25. The number of pyridine rings is 1. The van der Waals surface area contributed by atoms with Gasteiger partial charge in [0.2, 0.25) is 0 Å². The fourth-order valence-electron chi connectivity index (χ4n) is 1.80. The van der Waals surface area contributed by atoms with E-state index < -0.39 is 12.6 Å². The second-order valence-corrected chi connectivity index (χ2v) is 4.91. The molecule has 0 aliphatic heterocycles. The van der Waals surface area contributed by atoms with Crippen LogP contribution < -0.4 is 10.2 Å². The van der Waals surface area contributed by atoms with Crippen molar-refractivity contribution in [1.82, 2.24) is 10.3 Å². The molecule has 114 valence electrons. The SMILES string of the molecule is CCCNC(C)c1ccnc(N(C)CCC(F)(F)F)c1. The lowest BCUT2D eigenvalue weighted by atomic mass is 10.1. The maximum absolute atomic E-state index is 12.2. The highest BCUT2D eigenvalue weighted by Gasteiger charge is 2.27. The number of hydrogen-bond donors (Lipinski definition) is 1. The Kier molecular flexibility index (Phi) is 6.26. The number of hydrogen-bond acceptors (Lipinski definition) is 3. The van der Waals surface area contributed by atoms with Gasteiger partial charge in [0.1, 0.15) is 5.82 Å². The molecule has 20 heavy (non-hydrogen) atoms. The van der Waals surface area contributed by atoms with Crippen molar-refractivity contribution in [2.75, 3.05) is 25.0 Å². The van der Waals surface area contributed by atoms with Crippen LogP contribution in [0.3, 0.4) is 0 Å². The predicted molar refractivity (Wildman–Crippen MR) is 74.9 cm³/mol. The molecule has 6 heteroatoms. The standard InChI is InChI=1S/C14H22F3N3/c1-4-7-18-11(2)12-5-8-19-13(10-12)20(3)9-6-14(15,16)17/h5,8,10-11,18H,4,6-7,9H2,1-3H3. The lowest BCUT2D eigenvalue weighted by molar-refractivity contribution is -0.132. The van der Waals surface area contributed by atoms with Gasteiger partial charge in [0.15, 0.2) is 0 Å². The topological polar surface area (TPSA) is 28.2 Å². The summed E-state index contributed by atoms with van der Waals surface area (Å²) in [5, 5.41) is 3.34. The summed E-state index contributed by atoms with van der Waals surface area (Å²) in [6.07, 6.45) is -2.30. The van der Waals surface area contributed by atoms with Gasteiger partial charge in [0.25, 0.3) is 0 Å². The van der Waals surface area contributed by atoms with Crippen LogP contribution in [0.25, 0.3) is 0 Å². The quantitative estimate of drug-likeness (QED) is 0.832. The van der Waals surface area contributed by atoms with Gasteiger partial charge in [-0.25, -0.2) is 4.98 Å². The molecule has 0 radical (unpaired) electrons. The number of nitrogens with zero attached hydrogens (tertiary/aromatic N) is 2. The summed E-state index contributed by atoms with van der Waals surface area (Å²) in [5.41, 5.74) is 1.03. The molecule has 1 rings (SSSR count). The molecule has 0 amide bonds. The Labute approximate surface area is 118 Å². The van der Waals surface area contributed by atoms with Crippen molar-refractivity contribution in [2.24, 2.45) is 0 Å². The molecule has 0 aliphatic rings. The molecule has 1 N–H and O–H groups in total. The van der Waals surface area contributed by atoms with E-state index >= 15 is 0 Å². The first-order valence-corrected chi connectivity index (χ1v) is 6.80. The normalized spacial score (nSPS) is 13.3. The van der Waals surface area contributed by atoms with Crippen LogP contribution in [0.2, 0.25) is 0 Å². The molecule has 3 nitrogen and oxygen atoms in total. The molecule has 0 saturated heterocycles. The van der Waals surface area contributed by atoms with E-state index in [9.17, 15) is 13.2 Å². The molecule has 0 aliphatic carbocycles. The Morgan fingerprint density at radius 2 is 2.10 bits per heavy atom. The second kappa shape index (κ2) is 7.47. The summed E-state index contributed by atoms with van der Waals surface area (Å²) >= 11 is 0. The molecule has 1 atom stereocenters. The minimum Gasteiger partial charge on any atom is -0.359 e. The Morgan fingerprint density at radius 1 is 1.40 bits per heavy atom. The minimum atomic E-state index is -4.14. The summed E-state index contributed by atoms with van der Waals surface area (Å²) < 4.78 is 36.7. The molecular weight excluding hydrogens is 267 g/mol. The van der Waals surface area contributed by atoms with Crippen molar-refractivity contribution in [1.29, 1.82) is 0 Å². The molecule has 1 unspecified atom stereocenters. The minimum absolute atomic E-state index is 0.0866. The zero-order valence-electron chi connectivity index (χ0n) is 12.2. The van der Waals surface area contributed by atoms with Crippen LogP contribution in [0.15, 0.2) is 18.3 Å². The van der Waals surface area contributed by atoms with Gasteiger partial charge < -0.3 is 10.2 Å². The Hall–Kier alpha value is -1.30. The van der Waals surface area contributed by atoms with Gasteiger partial charge in [0.05, 0.1) is 6.42 Å². The van der Waals surface area contributed by atoms with Crippen molar-refractivity contribution in [2.45, 2.75) is 38.9 Å². The van der Waals surface area contributed by atoms with Crippen molar-refractivity contribution >= 4 is 5.82 Å². The molecule has 0 bridgehead atoms. The van der Waals surface area contributed by atoms with E-state index in [4.69, 9.17) is 0 Å². The Morgan fingerprint density at radius 3 is 2.70 bits per heavy atom. The van der Waals surface area contributed by atoms with Crippen LogP contribution in [0, 0.1) is 0 Å². The molecular formula is C14H22F3N3. The van der Waals surface area contributed by atoms with Crippen LogP contribution in [0.1, 0.15) is 38.3 Å². The first-order chi connectivity index (χ1) is 9.33. The monoisotopic (exact) mass is 289 g/mol. The highest BCUT2D eigenvalue weighted by molar-refractivity contribution is 5.40. The number of rotatable bonds is 7. The third-order valence-electron chi connectivity index (χ3n) is 3.09. The van der Waals surface area contributed by atoms with E-state index in [0.29, 0.717) is 5.82 Å². The fourth-order valence-corrected chi connectivity index (χ4v) is 1.80. The van der Waals surface area contributed by atoms with E-state index in [2.05, 4.69) is 17.2 Å². The van der Waals surface area contributed by atoms with Gasteiger partial charge in [-0.1, -0.05) is 6.92 Å². The van der Waals surface area contributed by atoms with Gasteiger partial charge in [0, 0.05) is 25.8 Å². The average Bonchev–Trinajstić information content (AvgIpc) is 2.41.